The summed E-state index contributed by atoms with van der Waals surface area (Å²) in [6.07, 6.45) is 1.54. The van der Waals surface area contributed by atoms with Crippen LogP contribution in [0.4, 0.5) is 4.39 Å². The summed E-state index contributed by atoms with van der Waals surface area (Å²) in [5.74, 6) is -0.0105. The van der Waals surface area contributed by atoms with Crippen molar-refractivity contribution in [3.05, 3.63) is 68.8 Å². The van der Waals surface area contributed by atoms with Gasteiger partial charge < -0.3 is 9.73 Å². The van der Waals surface area contributed by atoms with Crippen molar-refractivity contribution in [3.63, 3.8) is 0 Å². The van der Waals surface area contributed by atoms with Gasteiger partial charge in [0.25, 0.3) is 0 Å². The highest BCUT2D eigenvalue weighted by atomic mass is 32.1. The van der Waals surface area contributed by atoms with Crippen molar-refractivity contribution in [1.29, 1.82) is 0 Å². The SMILES string of the molecule is Cc1sc(=O)n(CC(=O)N[C@@H](C)c2ccco2)c1-c1ccc(F)cc1. The van der Waals surface area contributed by atoms with E-state index in [2.05, 4.69) is 5.32 Å². The molecule has 0 bridgehead atoms. The predicted octanol–water partition coefficient (Wildman–Crippen LogP) is 3.49. The highest BCUT2D eigenvalue weighted by Gasteiger charge is 2.18. The number of rotatable bonds is 5. The van der Waals surface area contributed by atoms with Gasteiger partial charge in [-0.15, -0.1) is 0 Å². The quantitative estimate of drug-likeness (QED) is 0.757. The molecule has 0 fully saturated rings. The van der Waals surface area contributed by atoms with Crippen molar-refractivity contribution in [2.24, 2.45) is 0 Å². The predicted molar refractivity (Wildman–Crippen MR) is 94.0 cm³/mol. The Balaban J connectivity index is 1.84. The van der Waals surface area contributed by atoms with Gasteiger partial charge >= 0.3 is 4.87 Å². The number of hydrogen-bond donors (Lipinski definition) is 1. The maximum absolute atomic E-state index is 13.2. The highest BCUT2D eigenvalue weighted by molar-refractivity contribution is 7.09. The third kappa shape index (κ3) is 3.71. The molecule has 0 aliphatic carbocycles. The molecule has 1 N–H and O–H groups in total. The lowest BCUT2D eigenvalue weighted by molar-refractivity contribution is -0.122. The second-order valence-electron chi connectivity index (χ2n) is 5.67. The van der Waals surface area contributed by atoms with Crippen LogP contribution in [-0.4, -0.2) is 10.5 Å². The van der Waals surface area contributed by atoms with E-state index in [0.717, 1.165) is 16.2 Å². The summed E-state index contributed by atoms with van der Waals surface area (Å²) in [5.41, 5.74) is 1.33. The molecule has 0 spiro atoms. The summed E-state index contributed by atoms with van der Waals surface area (Å²) in [6.45, 7) is 3.50. The number of carbonyl (C=O) groups excluding carboxylic acids is 1. The first-order chi connectivity index (χ1) is 12.0. The van der Waals surface area contributed by atoms with Crippen LogP contribution in [0.1, 0.15) is 23.6 Å². The first-order valence-corrected chi connectivity index (χ1v) is 8.56. The molecule has 2 aromatic heterocycles. The molecule has 5 nitrogen and oxygen atoms in total. The second-order valence-corrected chi connectivity index (χ2v) is 6.84. The van der Waals surface area contributed by atoms with Gasteiger partial charge in [-0.05, 0) is 55.8 Å². The van der Waals surface area contributed by atoms with Crippen LogP contribution in [0.3, 0.4) is 0 Å². The Hall–Kier alpha value is -2.67. The zero-order valence-electron chi connectivity index (χ0n) is 13.8. The van der Waals surface area contributed by atoms with E-state index in [1.165, 1.54) is 23.0 Å². The monoisotopic (exact) mass is 360 g/mol. The summed E-state index contributed by atoms with van der Waals surface area (Å²) in [6, 6.07) is 9.09. The number of aryl methyl sites for hydroxylation is 1. The van der Waals surface area contributed by atoms with Crippen molar-refractivity contribution in [1.82, 2.24) is 9.88 Å². The molecule has 130 valence electrons. The van der Waals surface area contributed by atoms with Crippen LogP contribution >= 0.6 is 11.3 Å². The molecular formula is C18H17FN2O3S. The van der Waals surface area contributed by atoms with E-state index in [9.17, 15) is 14.0 Å². The normalized spacial score (nSPS) is 12.1. The van der Waals surface area contributed by atoms with Gasteiger partial charge in [0.05, 0.1) is 18.0 Å². The molecule has 0 aliphatic rings. The minimum atomic E-state index is -0.351. The first kappa shape index (κ1) is 17.2. The fourth-order valence-electron chi connectivity index (χ4n) is 2.67. The molecule has 1 aromatic carbocycles. The Bertz CT molecular complexity index is 926. The molecule has 0 saturated heterocycles. The van der Waals surface area contributed by atoms with Crippen LogP contribution in [0.5, 0.6) is 0 Å². The fraction of sp³-hybridized carbons (Fsp3) is 0.222. The fourth-order valence-corrected chi connectivity index (χ4v) is 3.52. The Kier molecular flexibility index (Phi) is 4.85. The van der Waals surface area contributed by atoms with Gasteiger partial charge in [-0.3, -0.25) is 14.2 Å². The van der Waals surface area contributed by atoms with Crippen LogP contribution in [0, 0.1) is 12.7 Å². The number of carbonyl (C=O) groups is 1. The molecule has 3 aromatic rings. The standard InChI is InChI=1S/C18H17FN2O3S/c1-11(15-4-3-9-24-15)20-16(22)10-21-17(12(2)25-18(21)23)13-5-7-14(19)8-6-13/h3-9,11H,10H2,1-2H3,(H,20,22)/t11-/m0/s1. The molecule has 0 aliphatic heterocycles. The van der Waals surface area contributed by atoms with Crippen LogP contribution in [-0.2, 0) is 11.3 Å². The van der Waals surface area contributed by atoms with Gasteiger partial charge in [0.15, 0.2) is 0 Å². The minimum Gasteiger partial charge on any atom is -0.467 e. The van der Waals surface area contributed by atoms with Crippen LogP contribution in [0.2, 0.25) is 0 Å². The molecule has 3 rings (SSSR count). The molecular weight excluding hydrogens is 343 g/mol. The van der Waals surface area contributed by atoms with E-state index in [1.54, 1.807) is 31.2 Å². The van der Waals surface area contributed by atoms with E-state index in [4.69, 9.17) is 4.42 Å². The smallest absolute Gasteiger partial charge is 0.308 e. The van der Waals surface area contributed by atoms with Crippen LogP contribution in [0.25, 0.3) is 11.3 Å². The Morgan fingerprint density at radius 1 is 1.32 bits per heavy atom. The van der Waals surface area contributed by atoms with E-state index in [1.807, 2.05) is 6.92 Å². The third-order valence-corrected chi connectivity index (χ3v) is 4.73. The number of aromatic nitrogens is 1. The van der Waals surface area contributed by atoms with Gasteiger partial charge in [0.1, 0.15) is 18.1 Å². The maximum atomic E-state index is 13.2. The van der Waals surface area contributed by atoms with Crippen LogP contribution < -0.4 is 10.2 Å². The number of hydrogen-bond acceptors (Lipinski definition) is 4. The summed E-state index contributed by atoms with van der Waals surface area (Å²) in [5, 5.41) is 2.81. The highest BCUT2D eigenvalue weighted by Crippen LogP contribution is 2.25. The largest absolute Gasteiger partial charge is 0.467 e. The molecule has 25 heavy (non-hydrogen) atoms. The van der Waals surface area contributed by atoms with E-state index in [-0.39, 0.29) is 29.2 Å². The molecule has 1 atom stereocenters. The van der Waals surface area contributed by atoms with Gasteiger partial charge in [-0.25, -0.2) is 4.39 Å². The molecule has 0 saturated carbocycles. The third-order valence-electron chi connectivity index (χ3n) is 3.83. The minimum absolute atomic E-state index is 0.110. The summed E-state index contributed by atoms with van der Waals surface area (Å²) in [7, 11) is 0. The lowest BCUT2D eigenvalue weighted by atomic mass is 10.1. The van der Waals surface area contributed by atoms with Crippen molar-refractivity contribution in [2.45, 2.75) is 26.4 Å². The first-order valence-electron chi connectivity index (χ1n) is 7.74. The number of amides is 1. The number of nitrogens with zero attached hydrogens (tertiary/aromatic N) is 1. The number of thiazole rings is 1. The van der Waals surface area contributed by atoms with Crippen molar-refractivity contribution < 1.29 is 13.6 Å². The molecule has 1 amide bonds. The topological polar surface area (TPSA) is 64.2 Å². The van der Waals surface area contributed by atoms with Crippen molar-refractivity contribution in [3.8, 4) is 11.3 Å². The average Bonchev–Trinajstić information content (AvgIpc) is 3.18. The summed E-state index contributed by atoms with van der Waals surface area (Å²) >= 11 is 1.07. The Morgan fingerprint density at radius 2 is 2.04 bits per heavy atom. The number of benzene rings is 1. The van der Waals surface area contributed by atoms with Crippen molar-refractivity contribution >= 4 is 17.2 Å². The van der Waals surface area contributed by atoms with E-state index >= 15 is 0 Å². The lowest BCUT2D eigenvalue weighted by Gasteiger charge is -2.13. The van der Waals surface area contributed by atoms with E-state index in [0.29, 0.717) is 17.0 Å². The zero-order valence-corrected chi connectivity index (χ0v) is 14.6. The Labute approximate surface area is 147 Å². The van der Waals surface area contributed by atoms with Crippen LogP contribution in [0.15, 0.2) is 51.9 Å². The van der Waals surface area contributed by atoms with Gasteiger partial charge in [-0.1, -0.05) is 11.3 Å². The number of halogens is 1. The summed E-state index contributed by atoms with van der Waals surface area (Å²) in [4.78, 5) is 25.2. The molecule has 0 unspecified atom stereocenters. The van der Waals surface area contributed by atoms with E-state index < -0.39 is 0 Å². The lowest BCUT2D eigenvalue weighted by Crippen LogP contribution is -2.32. The van der Waals surface area contributed by atoms with Crippen molar-refractivity contribution in [2.75, 3.05) is 0 Å². The van der Waals surface area contributed by atoms with Gasteiger partial charge in [-0.2, -0.15) is 0 Å². The van der Waals surface area contributed by atoms with Gasteiger partial charge in [0, 0.05) is 4.88 Å². The number of nitrogens with one attached hydrogen (secondary N) is 1. The second kappa shape index (κ2) is 7.06. The van der Waals surface area contributed by atoms with Gasteiger partial charge in [0.2, 0.25) is 5.91 Å². The molecule has 0 radical (unpaired) electrons. The number of furan rings is 1. The zero-order chi connectivity index (χ0) is 18.0. The Morgan fingerprint density at radius 3 is 2.68 bits per heavy atom. The maximum Gasteiger partial charge on any atom is 0.308 e. The molecule has 2 heterocycles. The molecule has 7 heteroatoms. The average molecular weight is 360 g/mol. The summed E-state index contributed by atoms with van der Waals surface area (Å²) < 4.78 is 19.8.